The van der Waals surface area contributed by atoms with Gasteiger partial charge in [-0.2, -0.15) is 13.2 Å². The number of unbranched alkanes of at least 4 members (excludes halogenated alkanes) is 4. The molecule has 0 aliphatic heterocycles. The van der Waals surface area contributed by atoms with Gasteiger partial charge in [-0.3, -0.25) is 0 Å². The minimum Gasteiger partial charge on any atom is -0.160 e. The van der Waals surface area contributed by atoms with Crippen molar-refractivity contribution >= 4 is 11.8 Å². The van der Waals surface area contributed by atoms with Crippen molar-refractivity contribution in [1.29, 1.82) is 0 Å². The normalized spacial score (nSPS) is 10.4. The fourth-order valence-electron chi connectivity index (χ4n) is 0.992. The molecular formula is C12H15F3S. The van der Waals surface area contributed by atoms with Crippen molar-refractivity contribution in [2.75, 3.05) is 5.75 Å². The first kappa shape index (κ1) is 15.3. The van der Waals surface area contributed by atoms with Crippen LogP contribution in [0.15, 0.2) is 0 Å². The molecule has 0 fully saturated rings. The predicted octanol–water partition coefficient (Wildman–Crippen LogP) is 4.22. The van der Waals surface area contributed by atoms with Crippen molar-refractivity contribution in [3.8, 4) is 24.2 Å². The molecule has 0 N–H and O–H groups in total. The quantitative estimate of drug-likeness (QED) is 0.501. The van der Waals surface area contributed by atoms with E-state index in [1.165, 1.54) is 0 Å². The fourth-order valence-corrected chi connectivity index (χ4v) is 1.57. The van der Waals surface area contributed by atoms with Gasteiger partial charge >= 0.3 is 5.51 Å². The third kappa shape index (κ3) is 13.3. The molecule has 0 unspecified atom stereocenters. The molecule has 0 aromatic rings. The SMILES string of the molecule is C#CCCC#CCCCCCSC(F)(F)F. The Morgan fingerprint density at radius 1 is 0.938 bits per heavy atom. The summed E-state index contributed by atoms with van der Waals surface area (Å²) >= 11 is 0.0503. The molecule has 0 aromatic heterocycles. The molecule has 0 saturated carbocycles. The molecule has 0 heterocycles. The number of halogens is 3. The number of alkyl halides is 3. The summed E-state index contributed by atoms with van der Waals surface area (Å²) in [6, 6.07) is 0. The second kappa shape index (κ2) is 9.48. The average Bonchev–Trinajstić information content (AvgIpc) is 2.19. The minimum atomic E-state index is -4.09. The van der Waals surface area contributed by atoms with Crippen molar-refractivity contribution in [1.82, 2.24) is 0 Å². The van der Waals surface area contributed by atoms with Crippen LogP contribution < -0.4 is 0 Å². The van der Waals surface area contributed by atoms with Gasteiger partial charge in [-0.1, -0.05) is 18.2 Å². The largest absolute Gasteiger partial charge is 0.441 e. The monoisotopic (exact) mass is 248 g/mol. The van der Waals surface area contributed by atoms with Gasteiger partial charge in [0.05, 0.1) is 0 Å². The molecule has 90 valence electrons. The highest BCUT2D eigenvalue weighted by Crippen LogP contribution is 2.30. The Morgan fingerprint density at radius 3 is 2.25 bits per heavy atom. The van der Waals surface area contributed by atoms with E-state index >= 15 is 0 Å². The van der Waals surface area contributed by atoms with Crippen LogP contribution in [-0.4, -0.2) is 11.3 Å². The van der Waals surface area contributed by atoms with E-state index in [1.54, 1.807) is 0 Å². The van der Waals surface area contributed by atoms with Crippen molar-refractivity contribution in [3.05, 3.63) is 0 Å². The summed E-state index contributed by atoms with van der Waals surface area (Å²) in [5.74, 6) is 8.51. The molecule has 0 atom stereocenters. The van der Waals surface area contributed by atoms with E-state index in [0.29, 0.717) is 19.3 Å². The Balaban J connectivity index is 3.21. The number of hydrogen-bond acceptors (Lipinski definition) is 1. The highest BCUT2D eigenvalue weighted by Gasteiger charge is 2.27. The van der Waals surface area contributed by atoms with Gasteiger partial charge in [0.2, 0.25) is 0 Å². The fraction of sp³-hybridized carbons (Fsp3) is 0.667. The van der Waals surface area contributed by atoms with Crippen LogP contribution >= 0.6 is 11.8 Å². The van der Waals surface area contributed by atoms with Crippen LogP contribution in [0.2, 0.25) is 0 Å². The minimum absolute atomic E-state index is 0.0503. The van der Waals surface area contributed by atoms with Gasteiger partial charge in [-0.05, 0) is 12.8 Å². The molecule has 0 nitrogen and oxygen atoms in total. The zero-order valence-electron chi connectivity index (χ0n) is 9.07. The summed E-state index contributed by atoms with van der Waals surface area (Å²) in [7, 11) is 0. The highest BCUT2D eigenvalue weighted by atomic mass is 32.2. The first-order valence-corrected chi connectivity index (χ1v) is 6.14. The lowest BCUT2D eigenvalue weighted by molar-refractivity contribution is -0.0328. The van der Waals surface area contributed by atoms with Crippen molar-refractivity contribution in [3.63, 3.8) is 0 Å². The van der Waals surface area contributed by atoms with E-state index in [4.69, 9.17) is 6.42 Å². The Hall–Kier alpha value is -0.740. The van der Waals surface area contributed by atoms with E-state index in [1.807, 2.05) is 0 Å². The van der Waals surface area contributed by atoms with Gasteiger partial charge in [0.15, 0.2) is 0 Å². The molecule has 0 rings (SSSR count). The molecule has 0 aromatic carbocycles. The van der Waals surface area contributed by atoms with E-state index in [2.05, 4.69) is 17.8 Å². The summed E-state index contributed by atoms with van der Waals surface area (Å²) in [4.78, 5) is 0. The first-order valence-electron chi connectivity index (χ1n) is 5.16. The highest BCUT2D eigenvalue weighted by molar-refractivity contribution is 8.00. The summed E-state index contributed by atoms with van der Waals surface area (Å²) in [6.07, 6.45) is 9.42. The topological polar surface area (TPSA) is 0 Å². The van der Waals surface area contributed by atoms with Crippen LogP contribution in [-0.2, 0) is 0 Å². The zero-order chi connectivity index (χ0) is 12.3. The van der Waals surface area contributed by atoms with Gasteiger partial charge < -0.3 is 0 Å². The van der Waals surface area contributed by atoms with Crippen LogP contribution in [0.4, 0.5) is 13.2 Å². The molecule has 0 amide bonds. The average molecular weight is 248 g/mol. The van der Waals surface area contributed by atoms with Crippen LogP contribution in [0.25, 0.3) is 0 Å². The van der Waals surface area contributed by atoms with Crippen LogP contribution in [0.3, 0.4) is 0 Å². The van der Waals surface area contributed by atoms with Crippen LogP contribution in [0, 0.1) is 24.2 Å². The van der Waals surface area contributed by atoms with E-state index in [0.717, 1.165) is 19.3 Å². The van der Waals surface area contributed by atoms with Gasteiger partial charge in [0.25, 0.3) is 0 Å². The molecule has 16 heavy (non-hydrogen) atoms. The molecular weight excluding hydrogens is 233 g/mol. The summed E-state index contributed by atoms with van der Waals surface area (Å²) in [5, 5.41) is 0. The number of rotatable bonds is 6. The lowest BCUT2D eigenvalue weighted by Gasteiger charge is -2.03. The molecule has 0 aliphatic carbocycles. The lowest BCUT2D eigenvalue weighted by Crippen LogP contribution is -2.01. The number of terminal acetylenes is 1. The summed E-state index contributed by atoms with van der Waals surface area (Å²) < 4.78 is 35.2. The second-order valence-electron chi connectivity index (χ2n) is 3.16. The Kier molecular flexibility index (Phi) is 9.04. The second-order valence-corrected chi connectivity index (χ2v) is 4.32. The van der Waals surface area contributed by atoms with Gasteiger partial charge in [0, 0.05) is 25.0 Å². The summed E-state index contributed by atoms with van der Waals surface area (Å²) in [5.41, 5.74) is -4.09. The van der Waals surface area contributed by atoms with Crippen LogP contribution in [0.1, 0.15) is 38.5 Å². The predicted molar refractivity (Wildman–Crippen MR) is 62.8 cm³/mol. The molecule has 0 saturated heterocycles. The molecule has 0 aliphatic rings. The summed E-state index contributed by atoms with van der Waals surface area (Å²) in [6.45, 7) is 0. The Morgan fingerprint density at radius 2 is 1.62 bits per heavy atom. The van der Waals surface area contributed by atoms with Gasteiger partial charge in [-0.25, -0.2) is 0 Å². The maximum atomic E-state index is 11.7. The molecule has 0 radical (unpaired) electrons. The number of thioether (sulfide) groups is 1. The third-order valence-corrected chi connectivity index (χ3v) is 2.55. The Labute approximate surface area is 99.4 Å². The van der Waals surface area contributed by atoms with E-state index < -0.39 is 5.51 Å². The number of hydrogen-bond donors (Lipinski definition) is 0. The van der Waals surface area contributed by atoms with Crippen molar-refractivity contribution in [2.24, 2.45) is 0 Å². The standard InChI is InChI=1S/C12H15F3S/c1-2-3-4-5-6-7-8-9-10-11-16-12(13,14)15/h1H,3-4,7-11H2. The molecule has 0 spiro atoms. The zero-order valence-corrected chi connectivity index (χ0v) is 9.89. The van der Waals surface area contributed by atoms with Gasteiger partial charge in [0.1, 0.15) is 0 Å². The van der Waals surface area contributed by atoms with E-state index in [9.17, 15) is 13.2 Å². The van der Waals surface area contributed by atoms with E-state index in [-0.39, 0.29) is 17.5 Å². The maximum Gasteiger partial charge on any atom is 0.441 e. The third-order valence-electron chi connectivity index (χ3n) is 1.73. The molecule has 4 heteroatoms. The molecule has 0 bridgehead atoms. The van der Waals surface area contributed by atoms with Crippen molar-refractivity contribution < 1.29 is 13.2 Å². The first-order chi connectivity index (χ1) is 7.56. The Bertz CT molecular complexity index is 265. The lowest BCUT2D eigenvalue weighted by atomic mass is 10.2. The smallest absolute Gasteiger partial charge is 0.160 e. The van der Waals surface area contributed by atoms with Crippen molar-refractivity contribution in [2.45, 2.75) is 44.0 Å². The van der Waals surface area contributed by atoms with Crippen LogP contribution in [0.5, 0.6) is 0 Å². The van der Waals surface area contributed by atoms with Gasteiger partial charge in [-0.15, -0.1) is 24.2 Å². The maximum absolute atomic E-state index is 11.7.